The van der Waals surface area contributed by atoms with Gasteiger partial charge in [0.05, 0.1) is 5.92 Å². The van der Waals surface area contributed by atoms with Gasteiger partial charge >= 0.3 is 0 Å². The fourth-order valence-corrected chi connectivity index (χ4v) is 2.31. The van der Waals surface area contributed by atoms with Crippen molar-refractivity contribution in [3.8, 4) is 11.4 Å². The van der Waals surface area contributed by atoms with Gasteiger partial charge in [0.1, 0.15) is 0 Å². The monoisotopic (exact) mass is 309 g/mol. The van der Waals surface area contributed by atoms with Crippen molar-refractivity contribution in [2.45, 2.75) is 25.7 Å². The Bertz CT molecular complexity index is 512. The molecule has 1 heterocycles. The number of hydrogen-bond acceptors (Lipinski definition) is 4. The molecule has 2 N–H and O–H groups in total. The van der Waals surface area contributed by atoms with E-state index in [4.69, 9.17) is 10.3 Å². The van der Waals surface area contributed by atoms with Crippen LogP contribution in [0.1, 0.15) is 31.6 Å². The molecule has 0 aliphatic rings. The van der Waals surface area contributed by atoms with E-state index >= 15 is 0 Å². The molecule has 1 atom stereocenters. The lowest BCUT2D eigenvalue weighted by molar-refractivity contribution is 0.347. The highest BCUT2D eigenvalue weighted by molar-refractivity contribution is 9.10. The molecule has 0 saturated heterocycles. The van der Waals surface area contributed by atoms with E-state index in [-0.39, 0.29) is 5.92 Å². The highest BCUT2D eigenvalue weighted by Crippen LogP contribution is 2.27. The molecule has 2 rings (SSSR count). The molecule has 0 aliphatic heterocycles. The predicted molar refractivity (Wildman–Crippen MR) is 74.1 cm³/mol. The molecule has 0 aliphatic carbocycles. The number of hydrogen-bond donors (Lipinski definition) is 1. The van der Waals surface area contributed by atoms with Gasteiger partial charge in [-0.2, -0.15) is 4.98 Å². The maximum Gasteiger partial charge on any atom is 0.231 e. The lowest BCUT2D eigenvalue weighted by Gasteiger charge is -2.06. The first-order chi connectivity index (χ1) is 8.76. The van der Waals surface area contributed by atoms with E-state index in [1.54, 1.807) is 0 Å². The molecule has 1 aromatic carbocycles. The third-order valence-electron chi connectivity index (χ3n) is 2.83. The lowest BCUT2D eigenvalue weighted by atomic mass is 10.0. The quantitative estimate of drug-likeness (QED) is 0.920. The van der Waals surface area contributed by atoms with Crippen LogP contribution in [0.4, 0.5) is 0 Å². The van der Waals surface area contributed by atoms with Crippen molar-refractivity contribution in [3.63, 3.8) is 0 Å². The summed E-state index contributed by atoms with van der Waals surface area (Å²) in [6, 6.07) is 7.81. The second-order valence-electron chi connectivity index (χ2n) is 4.16. The van der Waals surface area contributed by atoms with Crippen molar-refractivity contribution in [2.75, 3.05) is 6.54 Å². The van der Waals surface area contributed by atoms with Crippen molar-refractivity contribution < 1.29 is 4.52 Å². The summed E-state index contributed by atoms with van der Waals surface area (Å²) >= 11 is 3.48. The van der Waals surface area contributed by atoms with Gasteiger partial charge in [-0.15, -0.1) is 0 Å². The Morgan fingerprint density at radius 1 is 1.39 bits per heavy atom. The van der Waals surface area contributed by atoms with Gasteiger partial charge in [-0.05, 0) is 18.6 Å². The topological polar surface area (TPSA) is 64.9 Å². The normalized spacial score (nSPS) is 12.6. The third kappa shape index (κ3) is 2.79. The summed E-state index contributed by atoms with van der Waals surface area (Å²) in [6.07, 6.45) is 2.02. The second-order valence-corrected chi connectivity index (χ2v) is 5.01. The Morgan fingerprint density at radius 3 is 2.83 bits per heavy atom. The summed E-state index contributed by atoms with van der Waals surface area (Å²) in [6.45, 7) is 2.65. The fourth-order valence-electron chi connectivity index (χ4n) is 1.84. The second kappa shape index (κ2) is 6.11. The first kappa shape index (κ1) is 13.2. The van der Waals surface area contributed by atoms with E-state index in [1.807, 2.05) is 24.3 Å². The van der Waals surface area contributed by atoms with Crippen molar-refractivity contribution in [2.24, 2.45) is 5.73 Å². The molecule has 18 heavy (non-hydrogen) atoms. The van der Waals surface area contributed by atoms with Crippen LogP contribution in [0.3, 0.4) is 0 Å². The molecule has 1 aromatic heterocycles. The van der Waals surface area contributed by atoms with Crippen molar-refractivity contribution in [1.29, 1.82) is 0 Å². The summed E-state index contributed by atoms with van der Waals surface area (Å²) in [5.41, 5.74) is 6.66. The Balaban J connectivity index is 2.28. The summed E-state index contributed by atoms with van der Waals surface area (Å²) in [5, 5.41) is 4.03. The van der Waals surface area contributed by atoms with Gasteiger partial charge in [-0.3, -0.25) is 0 Å². The highest BCUT2D eigenvalue weighted by atomic mass is 79.9. The minimum atomic E-state index is 0.152. The summed E-state index contributed by atoms with van der Waals surface area (Å²) in [5.74, 6) is 1.39. The van der Waals surface area contributed by atoms with Crippen LogP contribution in [-0.2, 0) is 0 Å². The lowest BCUT2D eigenvalue weighted by Crippen LogP contribution is -2.12. The van der Waals surface area contributed by atoms with Crippen LogP contribution in [0.5, 0.6) is 0 Å². The molecule has 96 valence electrons. The molecule has 0 fully saturated rings. The Kier molecular flexibility index (Phi) is 4.49. The van der Waals surface area contributed by atoms with Crippen LogP contribution >= 0.6 is 15.9 Å². The van der Waals surface area contributed by atoms with Gasteiger partial charge in [0.25, 0.3) is 0 Å². The number of nitrogens with two attached hydrogens (primary N) is 1. The van der Waals surface area contributed by atoms with Crippen LogP contribution < -0.4 is 5.73 Å². The summed E-state index contributed by atoms with van der Waals surface area (Å²) in [4.78, 5) is 4.44. The number of halogens is 1. The summed E-state index contributed by atoms with van der Waals surface area (Å²) < 4.78 is 6.27. The van der Waals surface area contributed by atoms with Gasteiger partial charge < -0.3 is 10.3 Å². The average molecular weight is 310 g/mol. The van der Waals surface area contributed by atoms with Crippen molar-refractivity contribution >= 4 is 15.9 Å². The molecule has 0 radical (unpaired) electrons. The predicted octanol–water partition coefficient (Wildman–Crippen LogP) is 3.34. The van der Waals surface area contributed by atoms with Crippen molar-refractivity contribution in [1.82, 2.24) is 10.1 Å². The van der Waals surface area contributed by atoms with E-state index in [0.717, 1.165) is 22.9 Å². The van der Waals surface area contributed by atoms with Gasteiger partial charge in [-0.25, -0.2) is 0 Å². The van der Waals surface area contributed by atoms with Crippen molar-refractivity contribution in [3.05, 3.63) is 34.6 Å². The molecule has 1 unspecified atom stereocenters. The largest absolute Gasteiger partial charge is 0.339 e. The van der Waals surface area contributed by atoms with E-state index in [0.29, 0.717) is 18.3 Å². The maximum atomic E-state index is 5.73. The van der Waals surface area contributed by atoms with Gasteiger partial charge in [0.2, 0.25) is 11.7 Å². The number of rotatable bonds is 5. The zero-order valence-electron chi connectivity index (χ0n) is 10.3. The van der Waals surface area contributed by atoms with Crippen LogP contribution in [0.25, 0.3) is 11.4 Å². The highest BCUT2D eigenvalue weighted by Gasteiger charge is 2.18. The number of benzene rings is 1. The molecule has 0 amide bonds. The summed E-state index contributed by atoms with van der Waals surface area (Å²) in [7, 11) is 0. The average Bonchev–Trinajstić information content (AvgIpc) is 2.85. The van der Waals surface area contributed by atoms with E-state index < -0.39 is 0 Å². The van der Waals surface area contributed by atoms with E-state index in [2.05, 4.69) is 33.0 Å². The zero-order chi connectivity index (χ0) is 13.0. The van der Waals surface area contributed by atoms with Crippen LogP contribution in [0.15, 0.2) is 33.3 Å². The van der Waals surface area contributed by atoms with E-state index in [1.165, 1.54) is 0 Å². The maximum absolute atomic E-state index is 5.73. The Hall–Kier alpha value is -1.20. The first-order valence-electron chi connectivity index (χ1n) is 6.04. The SMILES string of the molecule is CCCC(CN)c1nc(-c2ccccc2Br)no1. The molecular formula is C13H16BrN3O. The van der Waals surface area contributed by atoms with Crippen LogP contribution in [0, 0.1) is 0 Å². The zero-order valence-corrected chi connectivity index (χ0v) is 11.9. The molecule has 4 nitrogen and oxygen atoms in total. The minimum Gasteiger partial charge on any atom is -0.339 e. The molecule has 0 bridgehead atoms. The van der Waals surface area contributed by atoms with E-state index in [9.17, 15) is 0 Å². The molecule has 0 saturated carbocycles. The number of aromatic nitrogens is 2. The fraction of sp³-hybridized carbons (Fsp3) is 0.385. The smallest absolute Gasteiger partial charge is 0.231 e. The standard InChI is InChI=1S/C13H16BrN3O/c1-2-5-9(8-15)13-16-12(17-18-13)10-6-3-4-7-11(10)14/h3-4,6-7,9H,2,5,8,15H2,1H3. The molecular weight excluding hydrogens is 294 g/mol. The third-order valence-corrected chi connectivity index (χ3v) is 3.52. The van der Waals surface area contributed by atoms with Crippen LogP contribution in [-0.4, -0.2) is 16.7 Å². The van der Waals surface area contributed by atoms with Crippen LogP contribution in [0.2, 0.25) is 0 Å². The van der Waals surface area contributed by atoms with Gasteiger partial charge in [0.15, 0.2) is 0 Å². The van der Waals surface area contributed by atoms with Gasteiger partial charge in [-0.1, -0.05) is 46.6 Å². The first-order valence-corrected chi connectivity index (χ1v) is 6.84. The molecule has 2 aromatic rings. The minimum absolute atomic E-state index is 0.152. The molecule has 5 heteroatoms. The number of nitrogens with zero attached hydrogens (tertiary/aromatic N) is 2. The molecule has 0 spiro atoms. The van der Waals surface area contributed by atoms with Gasteiger partial charge in [0, 0.05) is 16.6 Å². The Labute approximate surface area is 115 Å². The Morgan fingerprint density at radius 2 is 2.17 bits per heavy atom.